The maximum Gasteiger partial charge on any atom is 0.266 e. The Morgan fingerprint density at radius 2 is 2.24 bits per heavy atom. The Balaban J connectivity index is 1.98. The number of nitrogen functional groups attached to an aromatic ring is 1. The molecule has 1 unspecified atom stereocenters. The molecule has 0 radical (unpaired) electrons. The standard InChI is InChI=1S/C16H20N2O2S/c1-10-5-3-6-11-12(17)14(21-13(10)11)15(19)18-8-4-7-16(2,20)9-18/h3,5-6,20H,4,7-9,17H2,1-2H3. The zero-order chi connectivity index (χ0) is 15.2. The number of carbonyl (C=O) groups is 1. The SMILES string of the molecule is Cc1cccc2c(N)c(C(=O)N3CCCC(C)(O)C3)sc12. The zero-order valence-electron chi connectivity index (χ0n) is 12.3. The summed E-state index contributed by atoms with van der Waals surface area (Å²) in [5.74, 6) is -0.0620. The molecule has 1 saturated heterocycles. The summed E-state index contributed by atoms with van der Waals surface area (Å²) in [6.07, 6.45) is 1.56. The molecule has 1 amide bonds. The highest BCUT2D eigenvalue weighted by Gasteiger charge is 2.32. The number of thiophene rings is 1. The van der Waals surface area contributed by atoms with Crippen LogP contribution in [0.3, 0.4) is 0 Å². The number of β-amino-alcohol motifs (C(OH)–C–C–N with tert-alkyl or cyclic N) is 1. The van der Waals surface area contributed by atoms with Crippen molar-refractivity contribution in [3.05, 3.63) is 28.6 Å². The predicted molar refractivity (Wildman–Crippen MR) is 86.7 cm³/mol. The van der Waals surface area contributed by atoms with Crippen LogP contribution in [0.25, 0.3) is 10.1 Å². The number of aryl methyl sites for hydroxylation is 1. The number of hydrogen-bond acceptors (Lipinski definition) is 4. The molecule has 1 aromatic heterocycles. The van der Waals surface area contributed by atoms with Crippen LogP contribution in [-0.2, 0) is 0 Å². The van der Waals surface area contributed by atoms with Crippen LogP contribution in [0.2, 0.25) is 0 Å². The maximum absolute atomic E-state index is 12.7. The smallest absolute Gasteiger partial charge is 0.266 e. The first-order valence-corrected chi connectivity index (χ1v) is 8.00. The van der Waals surface area contributed by atoms with Crippen LogP contribution in [0.1, 0.15) is 35.0 Å². The molecule has 1 atom stereocenters. The first kappa shape index (κ1) is 14.4. The Bertz CT molecular complexity index is 706. The molecule has 21 heavy (non-hydrogen) atoms. The van der Waals surface area contributed by atoms with E-state index in [-0.39, 0.29) is 5.91 Å². The third-order valence-electron chi connectivity index (χ3n) is 4.11. The lowest BCUT2D eigenvalue weighted by molar-refractivity contribution is -0.0105. The first-order chi connectivity index (χ1) is 9.89. The largest absolute Gasteiger partial charge is 0.397 e. The Labute approximate surface area is 128 Å². The van der Waals surface area contributed by atoms with E-state index < -0.39 is 5.60 Å². The zero-order valence-corrected chi connectivity index (χ0v) is 13.2. The molecule has 4 nitrogen and oxygen atoms in total. The molecular formula is C16H20N2O2S. The average molecular weight is 304 g/mol. The van der Waals surface area contributed by atoms with Crippen molar-refractivity contribution < 1.29 is 9.90 Å². The van der Waals surface area contributed by atoms with E-state index in [4.69, 9.17) is 5.73 Å². The van der Waals surface area contributed by atoms with E-state index in [1.807, 2.05) is 25.1 Å². The monoisotopic (exact) mass is 304 g/mol. The van der Waals surface area contributed by atoms with Gasteiger partial charge in [0.25, 0.3) is 5.91 Å². The van der Waals surface area contributed by atoms with Gasteiger partial charge in [-0.2, -0.15) is 0 Å². The lowest BCUT2D eigenvalue weighted by Gasteiger charge is -2.36. The number of nitrogens with zero attached hydrogens (tertiary/aromatic N) is 1. The van der Waals surface area contributed by atoms with Crippen molar-refractivity contribution in [2.45, 2.75) is 32.3 Å². The van der Waals surface area contributed by atoms with Crippen molar-refractivity contribution in [2.24, 2.45) is 0 Å². The van der Waals surface area contributed by atoms with Crippen LogP contribution >= 0.6 is 11.3 Å². The molecular weight excluding hydrogens is 284 g/mol. The van der Waals surface area contributed by atoms with Crippen LogP contribution in [-0.4, -0.2) is 34.6 Å². The minimum absolute atomic E-state index is 0.0620. The summed E-state index contributed by atoms with van der Waals surface area (Å²) in [6.45, 7) is 4.86. The number of piperidine rings is 1. The molecule has 1 aliphatic heterocycles. The van der Waals surface area contributed by atoms with Crippen molar-refractivity contribution in [2.75, 3.05) is 18.8 Å². The Hall–Kier alpha value is -1.59. The van der Waals surface area contributed by atoms with E-state index in [2.05, 4.69) is 0 Å². The lowest BCUT2D eigenvalue weighted by atomic mass is 9.95. The van der Waals surface area contributed by atoms with Gasteiger partial charge in [0.1, 0.15) is 4.88 Å². The van der Waals surface area contributed by atoms with Gasteiger partial charge in [-0.25, -0.2) is 0 Å². The quantitative estimate of drug-likeness (QED) is 0.851. The number of hydrogen-bond donors (Lipinski definition) is 2. The summed E-state index contributed by atoms with van der Waals surface area (Å²) in [7, 11) is 0. The molecule has 5 heteroatoms. The van der Waals surface area contributed by atoms with Crippen molar-refractivity contribution >= 4 is 33.0 Å². The first-order valence-electron chi connectivity index (χ1n) is 7.18. The second-order valence-corrected chi connectivity index (χ2v) is 7.14. The lowest BCUT2D eigenvalue weighted by Crippen LogP contribution is -2.48. The molecule has 1 aromatic carbocycles. The summed E-state index contributed by atoms with van der Waals surface area (Å²) < 4.78 is 1.07. The predicted octanol–water partition coefficient (Wildman–Crippen LogP) is 2.78. The van der Waals surface area contributed by atoms with Crippen molar-refractivity contribution in [3.8, 4) is 0 Å². The topological polar surface area (TPSA) is 66.6 Å². The molecule has 2 heterocycles. The second kappa shape index (κ2) is 5.00. The van der Waals surface area contributed by atoms with E-state index in [0.29, 0.717) is 23.7 Å². The Morgan fingerprint density at radius 1 is 1.48 bits per heavy atom. The Morgan fingerprint density at radius 3 is 2.90 bits per heavy atom. The highest BCUT2D eigenvalue weighted by atomic mass is 32.1. The fourth-order valence-electron chi connectivity index (χ4n) is 2.98. The summed E-state index contributed by atoms with van der Waals surface area (Å²) >= 11 is 1.45. The molecule has 1 fully saturated rings. The number of likely N-dealkylation sites (tertiary alicyclic amines) is 1. The molecule has 0 spiro atoms. The second-order valence-electron chi connectivity index (χ2n) is 6.12. The Kier molecular flexibility index (Phi) is 3.42. The molecule has 0 saturated carbocycles. The minimum Gasteiger partial charge on any atom is -0.397 e. The van der Waals surface area contributed by atoms with Gasteiger partial charge in [0.15, 0.2) is 0 Å². The van der Waals surface area contributed by atoms with Crippen molar-refractivity contribution in [1.82, 2.24) is 4.90 Å². The fourth-order valence-corrected chi connectivity index (χ4v) is 4.13. The highest BCUT2D eigenvalue weighted by molar-refractivity contribution is 7.21. The van der Waals surface area contributed by atoms with E-state index in [1.54, 1.807) is 11.8 Å². The molecule has 3 rings (SSSR count). The number of fused-ring (bicyclic) bond motifs is 1. The van der Waals surface area contributed by atoms with Gasteiger partial charge in [0, 0.05) is 23.2 Å². The van der Waals surface area contributed by atoms with E-state index in [9.17, 15) is 9.90 Å². The van der Waals surface area contributed by atoms with Crippen LogP contribution in [0.15, 0.2) is 18.2 Å². The molecule has 112 valence electrons. The van der Waals surface area contributed by atoms with E-state index in [1.165, 1.54) is 11.3 Å². The molecule has 3 N–H and O–H groups in total. The fraction of sp³-hybridized carbons (Fsp3) is 0.438. The number of rotatable bonds is 1. The van der Waals surface area contributed by atoms with Gasteiger partial charge in [-0.15, -0.1) is 11.3 Å². The van der Waals surface area contributed by atoms with E-state index >= 15 is 0 Å². The van der Waals surface area contributed by atoms with Gasteiger partial charge in [-0.05, 0) is 32.3 Å². The van der Waals surface area contributed by atoms with Crippen LogP contribution in [0.5, 0.6) is 0 Å². The van der Waals surface area contributed by atoms with Gasteiger partial charge in [-0.3, -0.25) is 4.79 Å². The molecule has 0 aliphatic carbocycles. The van der Waals surface area contributed by atoms with Crippen molar-refractivity contribution in [3.63, 3.8) is 0 Å². The van der Waals surface area contributed by atoms with Crippen LogP contribution < -0.4 is 5.73 Å². The molecule has 0 bridgehead atoms. The van der Waals surface area contributed by atoms with Crippen molar-refractivity contribution in [1.29, 1.82) is 0 Å². The summed E-state index contributed by atoms with van der Waals surface area (Å²) in [5.41, 5.74) is 7.08. The third kappa shape index (κ3) is 2.51. The van der Waals surface area contributed by atoms with Gasteiger partial charge < -0.3 is 15.7 Å². The summed E-state index contributed by atoms with van der Waals surface area (Å²) in [6, 6.07) is 5.94. The minimum atomic E-state index is -0.796. The van der Waals surface area contributed by atoms with Gasteiger partial charge in [0.2, 0.25) is 0 Å². The third-order valence-corrected chi connectivity index (χ3v) is 5.45. The van der Waals surface area contributed by atoms with Crippen LogP contribution in [0.4, 0.5) is 5.69 Å². The number of amides is 1. The van der Waals surface area contributed by atoms with Crippen LogP contribution in [0, 0.1) is 6.92 Å². The number of carbonyl (C=O) groups excluding carboxylic acids is 1. The average Bonchev–Trinajstić information content (AvgIpc) is 2.76. The maximum atomic E-state index is 12.7. The van der Waals surface area contributed by atoms with Gasteiger partial charge >= 0.3 is 0 Å². The van der Waals surface area contributed by atoms with Gasteiger partial charge in [0.05, 0.1) is 11.3 Å². The summed E-state index contributed by atoms with van der Waals surface area (Å²) in [4.78, 5) is 15.1. The van der Waals surface area contributed by atoms with E-state index in [0.717, 1.165) is 28.5 Å². The number of nitrogens with two attached hydrogens (primary N) is 1. The number of aliphatic hydroxyl groups is 1. The normalized spacial score (nSPS) is 22.7. The molecule has 1 aliphatic rings. The van der Waals surface area contributed by atoms with Gasteiger partial charge in [-0.1, -0.05) is 18.2 Å². The molecule has 2 aromatic rings. The number of anilines is 1. The highest BCUT2D eigenvalue weighted by Crippen LogP contribution is 2.37. The number of benzene rings is 1. The summed E-state index contributed by atoms with van der Waals surface area (Å²) in [5, 5.41) is 11.1.